The van der Waals surface area contributed by atoms with Gasteiger partial charge in [-0.05, 0) is 44.2 Å². The summed E-state index contributed by atoms with van der Waals surface area (Å²) in [5.41, 5.74) is -0.353. The van der Waals surface area contributed by atoms with Crippen molar-refractivity contribution >= 4 is 28.7 Å². The van der Waals surface area contributed by atoms with Gasteiger partial charge in [0.15, 0.2) is 11.3 Å². The number of fused-ring (bicyclic) bond motifs is 3. The molecule has 5 rings (SSSR count). The van der Waals surface area contributed by atoms with E-state index in [4.69, 9.17) is 23.4 Å². The average Bonchev–Trinajstić information content (AvgIpc) is 3.30. The Kier molecular flexibility index (Phi) is 7.81. The van der Waals surface area contributed by atoms with Crippen molar-refractivity contribution in [3.63, 3.8) is 0 Å². The molecule has 2 N–H and O–H groups in total. The lowest BCUT2D eigenvalue weighted by Gasteiger charge is -2.38. The molecule has 3 aromatic rings. The predicted molar refractivity (Wildman–Crippen MR) is 149 cm³/mol. The number of furan rings is 1. The van der Waals surface area contributed by atoms with Crippen LogP contribution in [0.5, 0.6) is 11.5 Å². The second-order valence-electron chi connectivity index (χ2n) is 10.8. The molecule has 1 unspecified atom stereocenters. The number of nitrogens with one attached hydrogen (secondary N) is 2. The minimum Gasteiger partial charge on any atom is -0.496 e. The first-order chi connectivity index (χ1) is 20.1. The molecule has 0 aliphatic carbocycles. The molecule has 1 atom stereocenters. The number of carbonyl (C=O) groups is 3. The van der Waals surface area contributed by atoms with Crippen molar-refractivity contribution in [3.05, 3.63) is 58.8 Å². The molecule has 12 nitrogen and oxygen atoms in total. The smallest absolute Gasteiger partial charge is 0.294 e. The van der Waals surface area contributed by atoms with E-state index in [-0.39, 0.29) is 43.7 Å². The van der Waals surface area contributed by atoms with Crippen molar-refractivity contribution in [2.45, 2.75) is 31.5 Å². The third kappa shape index (κ3) is 5.13. The van der Waals surface area contributed by atoms with E-state index in [2.05, 4.69) is 16.7 Å². The molecule has 3 heterocycles. The molecular formula is C30H32N4O8. The van der Waals surface area contributed by atoms with Crippen LogP contribution in [0.1, 0.15) is 45.9 Å². The van der Waals surface area contributed by atoms with Crippen LogP contribution in [0.25, 0.3) is 11.0 Å². The van der Waals surface area contributed by atoms with Gasteiger partial charge in [0.25, 0.3) is 11.8 Å². The number of nitriles is 1. The van der Waals surface area contributed by atoms with Crippen LogP contribution in [-0.4, -0.2) is 80.9 Å². The number of carbonyl (C=O) groups excluding carboxylic acids is 3. The van der Waals surface area contributed by atoms with Crippen LogP contribution in [-0.2, 0) is 20.8 Å². The van der Waals surface area contributed by atoms with Crippen molar-refractivity contribution in [3.8, 4) is 17.6 Å². The molecule has 0 spiro atoms. The monoisotopic (exact) mass is 576 g/mol. The number of rotatable bonds is 9. The van der Waals surface area contributed by atoms with Crippen molar-refractivity contribution in [1.82, 2.24) is 15.5 Å². The fourth-order valence-corrected chi connectivity index (χ4v) is 5.08. The van der Waals surface area contributed by atoms with Crippen LogP contribution < -0.4 is 20.1 Å². The molecule has 0 saturated carbocycles. The summed E-state index contributed by atoms with van der Waals surface area (Å²) in [5.74, 6) is -0.778. The van der Waals surface area contributed by atoms with E-state index in [0.29, 0.717) is 46.6 Å². The highest BCUT2D eigenvalue weighted by Crippen LogP contribution is 2.39. The lowest BCUT2D eigenvalue weighted by atomic mass is 9.98. The lowest BCUT2D eigenvalue weighted by Crippen LogP contribution is -2.61. The molecule has 2 aliphatic heterocycles. The quantitative estimate of drug-likeness (QED) is 0.391. The summed E-state index contributed by atoms with van der Waals surface area (Å²) in [6, 6.07) is 12.0. The first kappa shape index (κ1) is 28.9. The Morgan fingerprint density at radius 3 is 2.60 bits per heavy atom. The lowest BCUT2D eigenvalue weighted by molar-refractivity contribution is -0.133. The van der Waals surface area contributed by atoms with E-state index >= 15 is 0 Å². The fraction of sp³-hybridized carbons (Fsp3) is 0.400. The molecule has 1 aromatic heterocycles. The number of hydrogen-bond acceptors (Lipinski definition) is 9. The highest BCUT2D eigenvalue weighted by Gasteiger charge is 2.48. The van der Waals surface area contributed by atoms with Crippen molar-refractivity contribution < 1.29 is 37.7 Å². The van der Waals surface area contributed by atoms with Gasteiger partial charge in [0.05, 0.1) is 49.5 Å². The highest BCUT2D eigenvalue weighted by molar-refractivity contribution is 6.06. The van der Waals surface area contributed by atoms with Crippen LogP contribution in [0, 0.1) is 11.3 Å². The topological polar surface area (TPSA) is 152 Å². The highest BCUT2D eigenvalue weighted by atomic mass is 16.5. The van der Waals surface area contributed by atoms with Gasteiger partial charge in [-0.1, -0.05) is 6.07 Å². The van der Waals surface area contributed by atoms with Gasteiger partial charge in [0, 0.05) is 31.3 Å². The standard InChI is InChI=1S/C30H32N4O8/c1-29(15-40-16-29)33-26(35)18-8-9-20-23(12-18)42-25-24(20)41-17-30(2,34(27(25)36)10-11-38-3)28(37)32-14-21-19(13-31)6-5-7-22(21)39-4/h5-9,12H,10-11,14-17H2,1-4H3,(H,32,37)(H,33,35). The summed E-state index contributed by atoms with van der Waals surface area (Å²) in [7, 11) is 2.98. The third-order valence-electron chi connectivity index (χ3n) is 7.60. The van der Waals surface area contributed by atoms with Crippen LogP contribution >= 0.6 is 0 Å². The molecule has 1 saturated heterocycles. The van der Waals surface area contributed by atoms with Gasteiger partial charge < -0.3 is 38.9 Å². The van der Waals surface area contributed by atoms with E-state index < -0.39 is 22.9 Å². The molecule has 12 heteroatoms. The number of hydrogen-bond donors (Lipinski definition) is 2. The maximum Gasteiger partial charge on any atom is 0.294 e. The second kappa shape index (κ2) is 11.3. The zero-order valence-corrected chi connectivity index (χ0v) is 23.9. The Labute approximate surface area is 242 Å². The van der Waals surface area contributed by atoms with E-state index in [1.807, 2.05) is 6.92 Å². The summed E-state index contributed by atoms with van der Waals surface area (Å²) in [6.45, 7) is 4.40. The molecule has 42 heavy (non-hydrogen) atoms. The van der Waals surface area contributed by atoms with Crippen molar-refractivity contribution in [1.29, 1.82) is 5.26 Å². The summed E-state index contributed by atoms with van der Waals surface area (Å²) < 4.78 is 27.9. The number of benzene rings is 2. The number of nitrogens with zero attached hydrogens (tertiary/aromatic N) is 2. The number of methoxy groups -OCH3 is 2. The molecule has 2 aromatic carbocycles. The van der Waals surface area contributed by atoms with Gasteiger partial charge in [0.2, 0.25) is 11.7 Å². The first-order valence-electron chi connectivity index (χ1n) is 13.4. The Bertz CT molecular complexity index is 1590. The van der Waals surface area contributed by atoms with E-state index in [1.165, 1.54) is 19.1 Å². The van der Waals surface area contributed by atoms with E-state index in [0.717, 1.165) is 0 Å². The van der Waals surface area contributed by atoms with Crippen LogP contribution in [0.15, 0.2) is 40.8 Å². The maximum absolute atomic E-state index is 13.9. The first-order valence-corrected chi connectivity index (χ1v) is 13.4. The minimum atomic E-state index is -1.46. The number of amides is 3. The molecule has 2 aliphatic rings. The zero-order valence-electron chi connectivity index (χ0n) is 23.9. The van der Waals surface area contributed by atoms with E-state index in [1.54, 1.807) is 43.3 Å². The van der Waals surface area contributed by atoms with Gasteiger partial charge >= 0.3 is 0 Å². The molecule has 1 fully saturated rings. The molecule has 220 valence electrons. The summed E-state index contributed by atoms with van der Waals surface area (Å²) in [6.07, 6.45) is 0. The Morgan fingerprint density at radius 1 is 1.14 bits per heavy atom. The zero-order chi connectivity index (χ0) is 30.1. The van der Waals surface area contributed by atoms with Crippen LogP contribution in [0.3, 0.4) is 0 Å². The molecule has 0 radical (unpaired) electrons. The Hall–Kier alpha value is -4.60. The minimum absolute atomic E-state index is 0.00384. The van der Waals surface area contributed by atoms with Gasteiger partial charge in [-0.25, -0.2) is 0 Å². The largest absolute Gasteiger partial charge is 0.496 e. The average molecular weight is 577 g/mol. The Balaban J connectivity index is 1.43. The molecule has 3 amide bonds. The SMILES string of the molecule is COCCN1C(=O)c2oc3cc(C(=O)NC4(C)COC4)ccc3c2OCC1(C)C(=O)NCc1c(C#N)cccc1OC. The van der Waals surface area contributed by atoms with E-state index in [9.17, 15) is 19.6 Å². The Morgan fingerprint density at radius 2 is 1.93 bits per heavy atom. The predicted octanol–water partition coefficient (Wildman–Crippen LogP) is 2.39. The summed E-state index contributed by atoms with van der Waals surface area (Å²) >= 11 is 0. The maximum atomic E-state index is 13.9. The second-order valence-corrected chi connectivity index (χ2v) is 10.8. The van der Waals surface area contributed by atoms with Crippen molar-refractivity contribution in [2.75, 3.05) is 47.2 Å². The summed E-state index contributed by atoms with van der Waals surface area (Å²) in [4.78, 5) is 41.8. The third-order valence-corrected chi connectivity index (χ3v) is 7.60. The molecular weight excluding hydrogens is 544 g/mol. The van der Waals surface area contributed by atoms with Gasteiger partial charge in [-0.3, -0.25) is 14.4 Å². The van der Waals surface area contributed by atoms with Crippen LogP contribution in [0.4, 0.5) is 0 Å². The van der Waals surface area contributed by atoms with Gasteiger partial charge in [-0.15, -0.1) is 0 Å². The van der Waals surface area contributed by atoms with Crippen molar-refractivity contribution in [2.24, 2.45) is 0 Å². The fourth-order valence-electron chi connectivity index (χ4n) is 5.08. The molecule has 0 bridgehead atoms. The number of ether oxygens (including phenoxy) is 4. The summed E-state index contributed by atoms with van der Waals surface area (Å²) in [5, 5.41) is 15.8. The van der Waals surface area contributed by atoms with Gasteiger partial charge in [-0.2, -0.15) is 5.26 Å². The normalized spacial score (nSPS) is 19.1. The van der Waals surface area contributed by atoms with Gasteiger partial charge in [0.1, 0.15) is 17.9 Å². The van der Waals surface area contributed by atoms with Crippen LogP contribution in [0.2, 0.25) is 0 Å².